The van der Waals surface area contributed by atoms with E-state index in [0.717, 1.165) is 24.3 Å². The fraction of sp³-hybridized carbons (Fsp3) is 0.400. The van der Waals surface area contributed by atoms with E-state index in [-0.39, 0.29) is 36.8 Å². The molecule has 3 aliphatic heterocycles. The molecule has 178 valence electrons. The molecule has 34 heavy (non-hydrogen) atoms. The Labute approximate surface area is 212 Å². The van der Waals surface area contributed by atoms with Crippen molar-refractivity contribution in [2.24, 2.45) is 0 Å². The molecule has 2 fully saturated rings. The molecule has 3 aliphatic rings. The lowest BCUT2D eigenvalue weighted by molar-refractivity contribution is -0.136. The lowest BCUT2D eigenvalue weighted by Gasteiger charge is -2.29. The molecule has 0 bridgehead atoms. The summed E-state index contributed by atoms with van der Waals surface area (Å²) in [6.45, 7) is -7.13. The lowest BCUT2D eigenvalue weighted by atomic mass is 10.0. The van der Waals surface area contributed by atoms with Crippen LogP contribution in [0, 0.1) is 5.82 Å². The standard InChI is InChI=1S/C25H27FN4O4/c26-20-12-16(14-29-8-10-34-11-9-29)4-5-17(20)13-27-21-3-1-2-18-19(21)15-30(25(18)33)22-6-7-23(31)28-24(22)32/h1-5,12,22,27H,6-11,13-15H2,(H,28,31,32)/t22-/m1/s1/i6D2,7D2,13D2,14D2,15D2,22D. The Hall–Kier alpha value is -3.30. The number of hydrogen-bond donors (Lipinski definition) is 2. The van der Waals surface area contributed by atoms with Crippen molar-refractivity contribution in [1.29, 1.82) is 0 Å². The van der Waals surface area contributed by atoms with Gasteiger partial charge in [-0.25, -0.2) is 4.39 Å². The number of hydrogen-bond acceptors (Lipinski definition) is 6. The highest BCUT2D eigenvalue weighted by molar-refractivity contribution is 6.06. The smallest absolute Gasteiger partial charge is 0.255 e. The number of benzene rings is 2. The largest absolute Gasteiger partial charge is 0.381 e. The van der Waals surface area contributed by atoms with Crippen LogP contribution in [0.3, 0.4) is 0 Å². The molecule has 0 spiro atoms. The van der Waals surface area contributed by atoms with Crippen molar-refractivity contribution in [2.45, 2.75) is 38.3 Å². The third-order valence-corrected chi connectivity index (χ3v) is 5.28. The molecule has 2 saturated heterocycles. The van der Waals surface area contributed by atoms with E-state index in [1.54, 1.807) is 0 Å². The van der Waals surface area contributed by atoms with Crippen LogP contribution in [0.1, 0.15) is 54.9 Å². The van der Waals surface area contributed by atoms with Crippen LogP contribution in [0.4, 0.5) is 10.1 Å². The van der Waals surface area contributed by atoms with Crippen LogP contribution < -0.4 is 10.6 Å². The summed E-state index contributed by atoms with van der Waals surface area (Å²) in [5, 5.41) is 3.83. The summed E-state index contributed by atoms with van der Waals surface area (Å²) in [6, 6.07) is 2.80. The van der Waals surface area contributed by atoms with Gasteiger partial charge < -0.3 is 15.0 Å². The lowest BCUT2D eigenvalue weighted by Crippen LogP contribution is -2.52. The van der Waals surface area contributed by atoms with Gasteiger partial charge in [0.1, 0.15) is 11.8 Å². The molecule has 2 aromatic rings. The molecule has 5 rings (SSSR count). The van der Waals surface area contributed by atoms with Crippen molar-refractivity contribution < 1.29 is 38.6 Å². The molecule has 1 atom stereocenters. The fourth-order valence-electron chi connectivity index (χ4n) is 3.60. The zero-order valence-electron chi connectivity index (χ0n) is 28.7. The van der Waals surface area contributed by atoms with Gasteiger partial charge in [0.15, 0.2) is 0 Å². The van der Waals surface area contributed by atoms with Gasteiger partial charge in [0.05, 0.1) is 20.1 Å². The molecule has 0 unspecified atom stereocenters. The van der Waals surface area contributed by atoms with Gasteiger partial charge in [0, 0.05) is 69.6 Å². The van der Waals surface area contributed by atoms with E-state index < -0.39 is 84.2 Å². The van der Waals surface area contributed by atoms with E-state index in [2.05, 4.69) is 5.32 Å². The number of ether oxygens (including phenoxy) is 1. The molecule has 8 nitrogen and oxygen atoms in total. The topological polar surface area (TPSA) is 91.0 Å². The van der Waals surface area contributed by atoms with E-state index in [4.69, 9.17) is 19.8 Å². The Bertz CT molecular complexity index is 1600. The summed E-state index contributed by atoms with van der Waals surface area (Å²) < 4.78 is 113. The minimum atomic E-state index is -3.76. The van der Waals surface area contributed by atoms with Crippen LogP contribution in [-0.2, 0) is 33.8 Å². The van der Waals surface area contributed by atoms with E-state index in [9.17, 15) is 14.4 Å². The highest BCUT2D eigenvalue weighted by Crippen LogP contribution is 2.32. The Morgan fingerprint density at radius 1 is 1.24 bits per heavy atom. The number of anilines is 1. The number of amides is 3. The van der Waals surface area contributed by atoms with Gasteiger partial charge in [-0.1, -0.05) is 18.2 Å². The van der Waals surface area contributed by atoms with Gasteiger partial charge in [-0.2, -0.15) is 0 Å². The Morgan fingerprint density at radius 3 is 2.85 bits per heavy atom. The number of nitrogens with one attached hydrogen (secondary N) is 2. The minimum Gasteiger partial charge on any atom is -0.381 e. The van der Waals surface area contributed by atoms with Crippen molar-refractivity contribution in [2.75, 3.05) is 31.6 Å². The second-order valence-corrected chi connectivity index (χ2v) is 7.52. The molecular weight excluding hydrogens is 439 g/mol. The molecule has 2 aromatic carbocycles. The van der Waals surface area contributed by atoms with Crippen LogP contribution in [0.2, 0.25) is 0 Å². The molecule has 0 saturated carbocycles. The monoisotopic (exact) mass is 477 g/mol. The third-order valence-electron chi connectivity index (χ3n) is 5.28. The maximum absolute atomic E-state index is 15.4. The van der Waals surface area contributed by atoms with E-state index in [0.29, 0.717) is 0 Å². The number of imide groups is 1. The number of fused-ring (bicyclic) bond motifs is 1. The van der Waals surface area contributed by atoms with Crippen molar-refractivity contribution in [3.8, 4) is 0 Å². The average molecular weight is 478 g/mol. The van der Waals surface area contributed by atoms with Gasteiger partial charge in [-0.05, 0) is 30.1 Å². The van der Waals surface area contributed by atoms with Crippen LogP contribution in [0.25, 0.3) is 0 Å². The highest BCUT2D eigenvalue weighted by Gasteiger charge is 2.39. The molecule has 2 N–H and O–H groups in total. The summed E-state index contributed by atoms with van der Waals surface area (Å²) in [5.74, 6) is -6.06. The van der Waals surface area contributed by atoms with Gasteiger partial charge in [0.2, 0.25) is 11.8 Å². The molecule has 0 aliphatic carbocycles. The second-order valence-electron chi connectivity index (χ2n) is 7.52. The molecule has 0 radical (unpaired) electrons. The highest BCUT2D eigenvalue weighted by atomic mass is 19.1. The summed E-state index contributed by atoms with van der Waals surface area (Å²) in [6.07, 6.45) is -7.31. The SMILES string of the molecule is [2H]C([2H])(Nc1cccc2c1C([2H])([2H])N([C@@]1([2H])C(=O)NC(=O)C([2H])([2H])C1([2H])[2H])C2=O)c1ccc(C([2H])([2H])N2CCOCC2)cc1F. The maximum atomic E-state index is 15.4. The molecule has 0 aromatic heterocycles. The van der Waals surface area contributed by atoms with Crippen molar-refractivity contribution in [3.63, 3.8) is 0 Å². The Kier molecular flexibility index (Phi) is 3.63. The van der Waals surface area contributed by atoms with Gasteiger partial charge in [-0.3, -0.25) is 24.6 Å². The number of nitrogens with zero attached hydrogens (tertiary/aromatic N) is 2. The van der Waals surface area contributed by atoms with Crippen LogP contribution in [0.15, 0.2) is 36.4 Å². The predicted molar refractivity (Wildman–Crippen MR) is 122 cm³/mol. The minimum absolute atomic E-state index is 0.0845. The molecule has 9 heteroatoms. The number of carbonyl (C=O) groups excluding carboxylic acids is 3. The zero-order chi connectivity index (χ0) is 33.5. The summed E-state index contributed by atoms with van der Waals surface area (Å²) in [5.41, 5.74) is -2.30. The number of halogens is 1. The first kappa shape index (κ1) is 13.0. The van der Waals surface area contributed by atoms with E-state index in [1.807, 2.05) is 0 Å². The first-order chi connectivity index (χ1) is 20.6. The first-order valence-corrected chi connectivity index (χ1v) is 10.4. The van der Waals surface area contributed by atoms with Crippen molar-refractivity contribution in [1.82, 2.24) is 15.1 Å². The molecule has 3 heterocycles. The maximum Gasteiger partial charge on any atom is 0.255 e. The normalized spacial score (nSPS) is 33.1. The van der Waals surface area contributed by atoms with Gasteiger partial charge in [-0.15, -0.1) is 0 Å². The quantitative estimate of drug-likeness (QED) is 0.619. The van der Waals surface area contributed by atoms with E-state index in [1.165, 1.54) is 22.3 Å². The number of morpholine rings is 1. The van der Waals surface area contributed by atoms with E-state index >= 15 is 4.39 Å². The Morgan fingerprint density at radius 2 is 2.06 bits per heavy atom. The van der Waals surface area contributed by atoms with Crippen LogP contribution >= 0.6 is 0 Å². The molecule has 3 amide bonds. The number of rotatable bonds is 6. The van der Waals surface area contributed by atoms with Gasteiger partial charge in [0.25, 0.3) is 5.91 Å². The third kappa shape index (κ3) is 4.53. The van der Waals surface area contributed by atoms with Crippen molar-refractivity contribution >= 4 is 23.4 Å². The summed E-state index contributed by atoms with van der Waals surface area (Å²) in [7, 11) is 0. The van der Waals surface area contributed by atoms with Crippen molar-refractivity contribution in [3.05, 3.63) is 64.5 Å². The number of piperidine rings is 1. The Balaban J connectivity index is 1.52. The summed E-state index contributed by atoms with van der Waals surface area (Å²) >= 11 is 0. The predicted octanol–water partition coefficient (Wildman–Crippen LogP) is 2.03. The fourth-order valence-corrected chi connectivity index (χ4v) is 3.60. The van der Waals surface area contributed by atoms with Crippen LogP contribution in [0.5, 0.6) is 0 Å². The van der Waals surface area contributed by atoms with Crippen LogP contribution in [-0.4, -0.2) is 59.8 Å². The second kappa shape index (κ2) is 9.52. The van der Waals surface area contributed by atoms with Gasteiger partial charge >= 0.3 is 0 Å². The zero-order valence-corrected chi connectivity index (χ0v) is 17.7. The number of carbonyl (C=O) groups is 3. The molecular formula is C25H27FN4O4. The first-order valence-electron chi connectivity index (χ1n) is 15.9. The average Bonchev–Trinajstić information content (AvgIpc) is 3.17. The summed E-state index contributed by atoms with van der Waals surface area (Å²) in [4.78, 5) is 39.8.